The second-order valence-corrected chi connectivity index (χ2v) is 4.47. The summed E-state index contributed by atoms with van der Waals surface area (Å²) < 4.78 is 15.9. The number of aliphatic hydroxyl groups excluding tert-OH is 1. The fourth-order valence-corrected chi connectivity index (χ4v) is 1.71. The number of nitrogens with zero attached hydrogens (tertiary/aromatic N) is 1. The van der Waals surface area contributed by atoms with E-state index in [9.17, 15) is 5.11 Å². The number of para-hydroxylation sites is 2. The lowest BCUT2D eigenvalue weighted by Crippen LogP contribution is -2.42. The standard InChI is InChI=1S/C15H24N2O4/c1-3-9-20-12-13(18)11-17(16)8-10-21-15-7-5-4-6-14(15)19-2/h3-7,13,18H,1,8-12,16H2,2H3/t13-/m1/s1. The zero-order chi connectivity index (χ0) is 15.5. The third-order valence-electron chi connectivity index (χ3n) is 2.70. The molecule has 3 N–H and O–H groups in total. The highest BCUT2D eigenvalue weighted by atomic mass is 16.5. The Morgan fingerprint density at radius 3 is 2.76 bits per heavy atom. The Hall–Kier alpha value is -1.60. The first-order valence-corrected chi connectivity index (χ1v) is 6.79. The molecule has 0 saturated heterocycles. The molecule has 0 spiro atoms. The minimum atomic E-state index is -0.638. The SMILES string of the molecule is C=CCOC[C@H](O)CN(N)CCOc1ccccc1OC. The molecule has 0 fully saturated rings. The fourth-order valence-electron chi connectivity index (χ4n) is 1.71. The van der Waals surface area contributed by atoms with Gasteiger partial charge in [-0.25, -0.2) is 5.01 Å². The molecule has 0 unspecified atom stereocenters. The third-order valence-corrected chi connectivity index (χ3v) is 2.70. The molecule has 0 aliphatic rings. The topological polar surface area (TPSA) is 77.2 Å². The number of hydrogen-bond donors (Lipinski definition) is 2. The van der Waals surface area contributed by atoms with E-state index in [1.165, 1.54) is 5.01 Å². The van der Waals surface area contributed by atoms with Crippen molar-refractivity contribution >= 4 is 0 Å². The van der Waals surface area contributed by atoms with Gasteiger partial charge in [-0.2, -0.15) is 0 Å². The lowest BCUT2D eigenvalue weighted by molar-refractivity contribution is 0.0237. The summed E-state index contributed by atoms with van der Waals surface area (Å²) in [4.78, 5) is 0. The van der Waals surface area contributed by atoms with Crippen LogP contribution in [0, 0.1) is 0 Å². The highest BCUT2D eigenvalue weighted by Gasteiger charge is 2.09. The van der Waals surface area contributed by atoms with Crippen LogP contribution in [0.3, 0.4) is 0 Å². The van der Waals surface area contributed by atoms with E-state index in [0.717, 1.165) is 0 Å². The van der Waals surface area contributed by atoms with Gasteiger partial charge in [0, 0.05) is 13.1 Å². The number of hydrogen-bond acceptors (Lipinski definition) is 6. The smallest absolute Gasteiger partial charge is 0.161 e. The Morgan fingerprint density at radius 1 is 1.38 bits per heavy atom. The Balaban J connectivity index is 2.23. The van der Waals surface area contributed by atoms with Crippen molar-refractivity contribution < 1.29 is 19.3 Å². The molecule has 0 amide bonds. The van der Waals surface area contributed by atoms with Gasteiger partial charge in [0.05, 0.1) is 26.4 Å². The Labute approximate surface area is 125 Å². The molecule has 6 heteroatoms. The van der Waals surface area contributed by atoms with E-state index < -0.39 is 6.10 Å². The summed E-state index contributed by atoms with van der Waals surface area (Å²) in [6.45, 7) is 5.37. The van der Waals surface area contributed by atoms with Crippen LogP contribution in [0.4, 0.5) is 0 Å². The summed E-state index contributed by atoms with van der Waals surface area (Å²) >= 11 is 0. The third kappa shape index (κ3) is 7.10. The van der Waals surface area contributed by atoms with Crippen molar-refractivity contribution in [3.63, 3.8) is 0 Å². The van der Waals surface area contributed by atoms with Gasteiger partial charge in [-0.05, 0) is 12.1 Å². The average Bonchev–Trinajstić information content (AvgIpc) is 2.48. The van der Waals surface area contributed by atoms with Crippen molar-refractivity contribution in [3.8, 4) is 11.5 Å². The zero-order valence-corrected chi connectivity index (χ0v) is 12.4. The maximum atomic E-state index is 9.70. The van der Waals surface area contributed by atoms with Crippen LogP contribution in [0.25, 0.3) is 0 Å². The molecule has 0 saturated carbocycles. The van der Waals surface area contributed by atoms with Crippen LogP contribution in [-0.2, 0) is 4.74 Å². The molecule has 0 aliphatic carbocycles. The van der Waals surface area contributed by atoms with Gasteiger partial charge < -0.3 is 19.3 Å². The molecule has 0 aliphatic heterocycles. The van der Waals surface area contributed by atoms with Gasteiger partial charge in [-0.1, -0.05) is 18.2 Å². The number of ether oxygens (including phenoxy) is 3. The normalized spacial score (nSPS) is 12.2. The van der Waals surface area contributed by atoms with E-state index in [4.69, 9.17) is 20.1 Å². The average molecular weight is 296 g/mol. The maximum absolute atomic E-state index is 9.70. The lowest BCUT2D eigenvalue weighted by Gasteiger charge is -2.20. The second kappa shape index (κ2) is 10.2. The highest BCUT2D eigenvalue weighted by molar-refractivity contribution is 5.39. The van der Waals surface area contributed by atoms with Gasteiger partial charge in [0.2, 0.25) is 0 Å². The van der Waals surface area contributed by atoms with Crippen molar-refractivity contribution in [3.05, 3.63) is 36.9 Å². The minimum Gasteiger partial charge on any atom is -0.493 e. The van der Waals surface area contributed by atoms with Gasteiger partial charge in [-0.3, -0.25) is 5.84 Å². The number of aliphatic hydroxyl groups is 1. The summed E-state index contributed by atoms with van der Waals surface area (Å²) in [6.07, 6.45) is 0.995. The number of nitrogens with two attached hydrogens (primary N) is 1. The predicted molar refractivity (Wildman–Crippen MR) is 81.3 cm³/mol. The summed E-state index contributed by atoms with van der Waals surface area (Å²) in [5.41, 5.74) is 0. The summed E-state index contributed by atoms with van der Waals surface area (Å²) in [6, 6.07) is 7.41. The Bertz CT molecular complexity index is 414. The van der Waals surface area contributed by atoms with Crippen molar-refractivity contribution in [1.82, 2.24) is 5.01 Å². The molecule has 6 nitrogen and oxygen atoms in total. The van der Waals surface area contributed by atoms with Crippen LogP contribution in [-0.4, -0.2) is 56.2 Å². The number of rotatable bonds is 11. The molecule has 0 heterocycles. The van der Waals surface area contributed by atoms with Crippen molar-refractivity contribution in [2.75, 3.05) is 40.0 Å². The first-order valence-electron chi connectivity index (χ1n) is 6.79. The highest BCUT2D eigenvalue weighted by Crippen LogP contribution is 2.25. The fraction of sp³-hybridized carbons (Fsp3) is 0.467. The first-order chi connectivity index (χ1) is 10.2. The van der Waals surface area contributed by atoms with Crippen LogP contribution in [0.5, 0.6) is 11.5 Å². The molecule has 1 atom stereocenters. The van der Waals surface area contributed by atoms with Gasteiger partial charge in [-0.15, -0.1) is 6.58 Å². The molecule has 21 heavy (non-hydrogen) atoms. The van der Waals surface area contributed by atoms with Crippen LogP contribution in [0.1, 0.15) is 0 Å². The Kier molecular flexibility index (Phi) is 8.45. The van der Waals surface area contributed by atoms with Crippen LogP contribution >= 0.6 is 0 Å². The molecular formula is C15H24N2O4. The molecule has 1 rings (SSSR count). The summed E-state index contributed by atoms with van der Waals surface area (Å²) in [5, 5.41) is 11.2. The van der Waals surface area contributed by atoms with E-state index >= 15 is 0 Å². The van der Waals surface area contributed by atoms with Crippen LogP contribution in [0.2, 0.25) is 0 Å². The van der Waals surface area contributed by atoms with Gasteiger partial charge in [0.25, 0.3) is 0 Å². The molecular weight excluding hydrogens is 272 g/mol. The maximum Gasteiger partial charge on any atom is 0.161 e. The van der Waals surface area contributed by atoms with Gasteiger partial charge in [0.15, 0.2) is 11.5 Å². The number of methoxy groups -OCH3 is 1. The minimum absolute atomic E-state index is 0.229. The van der Waals surface area contributed by atoms with E-state index in [1.54, 1.807) is 13.2 Å². The van der Waals surface area contributed by atoms with E-state index in [0.29, 0.717) is 37.8 Å². The Morgan fingerprint density at radius 2 is 2.10 bits per heavy atom. The first kappa shape index (κ1) is 17.5. The van der Waals surface area contributed by atoms with E-state index in [1.807, 2.05) is 24.3 Å². The summed E-state index contributed by atoms with van der Waals surface area (Å²) in [7, 11) is 1.59. The lowest BCUT2D eigenvalue weighted by atomic mass is 10.3. The molecule has 1 aromatic rings. The monoisotopic (exact) mass is 296 g/mol. The number of benzene rings is 1. The van der Waals surface area contributed by atoms with Gasteiger partial charge >= 0.3 is 0 Å². The largest absolute Gasteiger partial charge is 0.493 e. The number of hydrazine groups is 1. The second-order valence-electron chi connectivity index (χ2n) is 4.47. The zero-order valence-electron chi connectivity index (χ0n) is 12.4. The van der Waals surface area contributed by atoms with Crippen molar-refractivity contribution in [2.45, 2.75) is 6.10 Å². The molecule has 118 valence electrons. The quantitative estimate of drug-likeness (QED) is 0.272. The van der Waals surface area contributed by atoms with E-state index in [-0.39, 0.29) is 6.61 Å². The van der Waals surface area contributed by atoms with Crippen molar-refractivity contribution in [2.24, 2.45) is 5.84 Å². The molecule has 0 aromatic heterocycles. The van der Waals surface area contributed by atoms with Crippen LogP contribution < -0.4 is 15.3 Å². The van der Waals surface area contributed by atoms with Crippen molar-refractivity contribution in [1.29, 1.82) is 0 Å². The predicted octanol–water partition coefficient (Wildman–Crippen LogP) is 0.813. The van der Waals surface area contributed by atoms with E-state index in [2.05, 4.69) is 6.58 Å². The van der Waals surface area contributed by atoms with Gasteiger partial charge in [0.1, 0.15) is 6.61 Å². The summed E-state index contributed by atoms with van der Waals surface area (Å²) in [5.74, 6) is 7.15. The van der Waals surface area contributed by atoms with Crippen LogP contribution in [0.15, 0.2) is 36.9 Å². The molecule has 1 aromatic carbocycles. The molecule has 0 radical (unpaired) electrons. The molecule has 0 bridgehead atoms.